The third-order valence-electron chi connectivity index (χ3n) is 3.87. The lowest BCUT2D eigenvalue weighted by molar-refractivity contribution is 0.0906. The number of aliphatic imine (C=N–C) groups is 1. The summed E-state index contributed by atoms with van der Waals surface area (Å²) < 4.78 is 5.03. The van der Waals surface area contributed by atoms with Crippen LogP contribution in [0.15, 0.2) is 23.3 Å². The summed E-state index contributed by atoms with van der Waals surface area (Å²) >= 11 is 0. The zero-order valence-corrected chi connectivity index (χ0v) is 12.0. The van der Waals surface area contributed by atoms with Gasteiger partial charge in [0.15, 0.2) is 0 Å². The van der Waals surface area contributed by atoms with Crippen LogP contribution in [0.4, 0.5) is 10.5 Å². The summed E-state index contributed by atoms with van der Waals surface area (Å²) in [6, 6.07) is 3.81. The van der Waals surface area contributed by atoms with Gasteiger partial charge in [-0.15, -0.1) is 0 Å². The summed E-state index contributed by atoms with van der Waals surface area (Å²) in [6.07, 6.45) is 2.83. The number of amidine groups is 1. The molecule has 1 aromatic rings. The summed E-state index contributed by atoms with van der Waals surface area (Å²) in [5.74, 6) is 0.453. The van der Waals surface area contributed by atoms with Crippen LogP contribution in [-0.2, 0) is 4.74 Å². The second kappa shape index (κ2) is 5.23. The molecule has 2 aliphatic heterocycles. The normalized spacial score (nSPS) is 19.5. The zero-order chi connectivity index (χ0) is 14.9. The zero-order valence-electron chi connectivity index (χ0n) is 12.0. The molecule has 0 unspecified atom stereocenters. The van der Waals surface area contributed by atoms with E-state index in [1.54, 1.807) is 18.0 Å². The third-order valence-corrected chi connectivity index (χ3v) is 3.87. The number of ether oxygens (including phenoxy) is 1. The van der Waals surface area contributed by atoms with E-state index in [9.17, 15) is 4.79 Å². The predicted octanol–water partition coefficient (Wildman–Crippen LogP) is 1.16. The maximum absolute atomic E-state index is 11.7. The van der Waals surface area contributed by atoms with Crippen molar-refractivity contribution in [2.75, 3.05) is 25.0 Å². The number of anilines is 1. The molecule has 1 saturated heterocycles. The number of nitrogens with two attached hydrogens (primary N) is 1. The number of amides is 1. The minimum absolute atomic E-state index is 0.262. The monoisotopic (exact) mass is 289 g/mol. The predicted molar refractivity (Wildman–Crippen MR) is 79.1 cm³/mol. The Hall–Kier alpha value is -2.31. The second-order valence-corrected chi connectivity index (χ2v) is 5.24. The molecule has 21 heavy (non-hydrogen) atoms. The van der Waals surface area contributed by atoms with Gasteiger partial charge in [0.1, 0.15) is 17.2 Å². The van der Waals surface area contributed by atoms with E-state index in [1.165, 1.54) is 0 Å². The Morgan fingerprint density at radius 3 is 3.00 bits per heavy atom. The van der Waals surface area contributed by atoms with Gasteiger partial charge < -0.3 is 20.7 Å². The quantitative estimate of drug-likeness (QED) is 0.809. The Morgan fingerprint density at radius 1 is 1.52 bits per heavy atom. The number of aromatic nitrogens is 1. The van der Waals surface area contributed by atoms with Crippen molar-refractivity contribution in [3.63, 3.8) is 0 Å². The minimum Gasteiger partial charge on any atom is -0.450 e. The number of rotatable bonds is 1. The molecule has 2 aliphatic rings. The smallest absolute Gasteiger partial charge is 0.409 e. The molecule has 0 atom stereocenters. The first-order chi connectivity index (χ1) is 10.1. The van der Waals surface area contributed by atoms with Crippen LogP contribution in [0.25, 0.3) is 0 Å². The lowest BCUT2D eigenvalue weighted by atomic mass is 9.95. The van der Waals surface area contributed by atoms with Crippen molar-refractivity contribution in [3.05, 3.63) is 24.0 Å². The number of piperidine rings is 1. The Bertz CT molecular complexity index is 578. The maximum atomic E-state index is 11.7. The standard InChI is InChI=1S/C14H19N5O2/c1-2-21-13(20)19-8-5-14(6-9-19)17-10-4-3-7-16-11(10)12(15)18-14/h3-4,7,17H,2,5-6,8-9H2,1H3,(H2,15,18). The van der Waals surface area contributed by atoms with Crippen LogP contribution in [0.5, 0.6) is 0 Å². The lowest BCUT2D eigenvalue weighted by Gasteiger charge is -2.41. The van der Waals surface area contributed by atoms with E-state index in [2.05, 4.69) is 15.3 Å². The number of carbonyl (C=O) groups excluding carboxylic acids is 1. The van der Waals surface area contributed by atoms with E-state index in [4.69, 9.17) is 10.5 Å². The van der Waals surface area contributed by atoms with Gasteiger partial charge >= 0.3 is 6.09 Å². The van der Waals surface area contributed by atoms with Crippen molar-refractivity contribution in [2.24, 2.45) is 10.7 Å². The summed E-state index contributed by atoms with van der Waals surface area (Å²) in [4.78, 5) is 22.3. The van der Waals surface area contributed by atoms with Crippen LogP contribution in [-0.4, -0.2) is 47.2 Å². The molecule has 3 N–H and O–H groups in total. The highest BCUT2D eigenvalue weighted by Crippen LogP contribution is 2.33. The Kier molecular flexibility index (Phi) is 3.40. The van der Waals surface area contributed by atoms with Crippen molar-refractivity contribution in [1.29, 1.82) is 0 Å². The number of hydrogen-bond donors (Lipinski definition) is 2. The van der Waals surface area contributed by atoms with Crippen LogP contribution in [0.1, 0.15) is 25.5 Å². The molecular weight excluding hydrogens is 270 g/mol. The average Bonchev–Trinajstić information content (AvgIpc) is 2.48. The van der Waals surface area contributed by atoms with Gasteiger partial charge in [-0.3, -0.25) is 4.98 Å². The maximum Gasteiger partial charge on any atom is 0.409 e. The van der Waals surface area contributed by atoms with E-state index in [1.807, 2.05) is 12.1 Å². The fourth-order valence-corrected chi connectivity index (χ4v) is 2.78. The Morgan fingerprint density at radius 2 is 2.29 bits per heavy atom. The summed E-state index contributed by atoms with van der Waals surface area (Å²) in [6.45, 7) is 3.39. The minimum atomic E-state index is -0.441. The van der Waals surface area contributed by atoms with Crippen molar-refractivity contribution < 1.29 is 9.53 Å². The molecule has 1 aromatic heterocycles. The molecule has 1 spiro atoms. The van der Waals surface area contributed by atoms with E-state index >= 15 is 0 Å². The summed E-state index contributed by atoms with van der Waals surface area (Å²) in [7, 11) is 0. The van der Waals surface area contributed by atoms with Gasteiger partial charge in [0.2, 0.25) is 0 Å². The van der Waals surface area contributed by atoms with E-state index < -0.39 is 5.66 Å². The highest BCUT2D eigenvalue weighted by Gasteiger charge is 2.39. The number of pyridine rings is 1. The Balaban J connectivity index is 1.75. The number of hydrogen-bond acceptors (Lipinski definition) is 6. The van der Waals surface area contributed by atoms with Crippen molar-refractivity contribution in [2.45, 2.75) is 25.4 Å². The van der Waals surface area contributed by atoms with E-state index in [0.29, 0.717) is 44.1 Å². The van der Waals surface area contributed by atoms with Crippen molar-refractivity contribution in [1.82, 2.24) is 9.88 Å². The fraction of sp³-hybridized carbons (Fsp3) is 0.500. The van der Waals surface area contributed by atoms with Crippen LogP contribution in [0, 0.1) is 0 Å². The topological polar surface area (TPSA) is 92.8 Å². The number of likely N-dealkylation sites (tertiary alicyclic amines) is 1. The van der Waals surface area contributed by atoms with Gasteiger partial charge in [0.05, 0.1) is 12.3 Å². The van der Waals surface area contributed by atoms with Gasteiger partial charge in [-0.1, -0.05) is 0 Å². The van der Waals surface area contributed by atoms with E-state index in [-0.39, 0.29) is 6.09 Å². The molecule has 3 heterocycles. The van der Waals surface area contributed by atoms with E-state index in [0.717, 1.165) is 5.69 Å². The molecule has 0 aromatic carbocycles. The lowest BCUT2D eigenvalue weighted by Crippen LogP contribution is -2.52. The molecule has 1 fully saturated rings. The highest BCUT2D eigenvalue weighted by molar-refractivity contribution is 6.02. The van der Waals surface area contributed by atoms with Crippen LogP contribution in [0.2, 0.25) is 0 Å². The van der Waals surface area contributed by atoms with Crippen LogP contribution >= 0.6 is 0 Å². The Labute approximate surface area is 123 Å². The summed E-state index contributed by atoms with van der Waals surface area (Å²) in [5, 5.41) is 3.43. The van der Waals surface area contributed by atoms with Gasteiger partial charge in [0.25, 0.3) is 0 Å². The van der Waals surface area contributed by atoms with Gasteiger partial charge in [-0.05, 0) is 19.1 Å². The summed E-state index contributed by atoms with van der Waals surface area (Å²) in [5.41, 5.74) is 7.18. The molecule has 112 valence electrons. The molecule has 1 amide bonds. The van der Waals surface area contributed by atoms with Crippen molar-refractivity contribution in [3.8, 4) is 0 Å². The highest BCUT2D eigenvalue weighted by atomic mass is 16.6. The van der Waals surface area contributed by atoms with Gasteiger partial charge in [-0.25, -0.2) is 9.79 Å². The molecule has 0 bridgehead atoms. The molecule has 3 rings (SSSR count). The van der Waals surface area contributed by atoms with Crippen LogP contribution < -0.4 is 11.1 Å². The SMILES string of the molecule is CCOC(=O)N1CCC2(CC1)N=C(N)c1ncccc1N2. The first-order valence-corrected chi connectivity index (χ1v) is 7.14. The third kappa shape index (κ3) is 2.51. The number of carbonyl (C=O) groups is 1. The molecule has 7 heteroatoms. The largest absolute Gasteiger partial charge is 0.450 e. The molecule has 0 saturated carbocycles. The number of nitrogens with zero attached hydrogens (tertiary/aromatic N) is 3. The fourth-order valence-electron chi connectivity index (χ4n) is 2.78. The van der Waals surface area contributed by atoms with Gasteiger partial charge in [0, 0.05) is 32.1 Å². The molecule has 7 nitrogen and oxygen atoms in total. The number of fused-ring (bicyclic) bond motifs is 1. The van der Waals surface area contributed by atoms with Crippen molar-refractivity contribution >= 4 is 17.6 Å². The second-order valence-electron chi connectivity index (χ2n) is 5.24. The molecule has 0 radical (unpaired) electrons. The van der Waals surface area contributed by atoms with Crippen LogP contribution in [0.3, 0.4) is 0 Å². The average molecular weight is 289 g/mol. The number of nitrogens with one attached hydrogen (secondary N) is 1. The first-order valence-electron chi connectivity index (χ1n) is 7.14. The first kappa shape index (κ1) is 13.7. The molecule has 0 aliphatic carbocycles. The molecular formula is C14H19N5O2. The van der Waals surface area contributed by atoms with Gasteiger partial charge in [-0.2, -0.15) is 0 Å².